The van der Waals surface area contributed by atoms with Crippen LogP contribution in [0.2, 0.25) is 0 Å². The minimum absolute atomic E-state index is 0.241. The van der Waals surface area contributed by atoms with E-state index in [1.807, 2.05) is 0 Å². The first kappa shape index (κ1) is 17.2. The Morgan fingerprint density at radius 1 is 1.15 bits per heavy atom. The molecule has 0 aromatic heterocycles. The molecule has 1 N–H and O–H groups in total. The highest BCUT2D eigenvalue weighted by Gasteiger charge is 2.12. The third-order valence-corrected chi connectivity index (χ3v) is 4.13. The molecule has 0 aliphatic heterocycles. The maximum Gasteiger partial charge on any atom is 0.0206 e. The lowest BCUT2D eigenvalue weighted by Gasteiger charge is -2.23. The van der Waals surface area contributed by atoms with Crippen LogP contribution in [0.3, 0.4) is 0 Å². The molecule has 2 heteroatoms. The molecule has 1 rings (SSSR count). The van der Waals surface area contributed by atoms with Crippen molar-refractivity contribution in [1.29, 1.82) is 0 Å². The van der Waals surface area contributed by atoms with Crippen molar-refractivity contribution in [3.8, 4) is 0 Å². The van der Waals surface area contributed by atoms with E-state index in [1.165, 1.54) is 17.5 Å². The zero-order valence-corrected chi connectivity index (χ0v) is 14.2. The van der Waals surface area contributed by atoms with Crippen molar-refractivity contribution in [2.24, 2.45) is 0 Å². The Balaban J connectivity index is 2.33. The highest BCUT2D eigenvalue weighted by Crippen LogP contribution is 2.22. The largest absolute Gasteiger partial charge is 0.311 e. The zero-order valence-electron chi connectivity index (χ0n) is 14.2. The van der Waals surface area contributed by atoms with Gasteiger partial charge in [0.2, 0.25) is 0 Å². The Hall–Kier alpha value is -0.860. The first-order chi connectivity index (χ1) is 9.34. The molecule has 0 amide bonds. The molecule has 0 heterocycles. The summed E-state index contributed by atoms with van der Waals surface area (Å²) in [6.45, 7) is 14.4. The fraction of sp³-hybridized carbons (Fsp3) is 0.667. The van der Waals surface area contributed by atoms with Crippen LogP contribution in [0, 0.1) is 0 Å². The third kappa shape index (κ3) is 5.64. The van der Waals surface area contributed by atoms with Gasteiger partial charge < -0.3 is 10.2 Å². The van der Waals surface area contributed by atoms with Crippen molar-refractivity contribution in [2.75, 3.05) is 20.1 Å². The van der Waals surface area contributed by atoms with Crippen LogP contribution in [0.1, 0.15) is 52.2 Å². The van der Waals surface area contributed by atoms with Crippen LogP contribution in [0.5, 0.6) is 0 Å². The molecule has 20 heavy (non-hydrogen) atoms. The van der Waals surface area contributed by atoms with Gasteiger partial charge in [0.25, 0.3) is 0 Å². The van der Waals surface area contributed by atoms with E-state index in [0.29, 0.717) is 6.04 Å². The van der Waals surface area contributed by atoms with Crippen molar-refractivity contribution < 1.29 is 0 Å². The number of rotatable bonds is 7. The second-order valence-electron chi connectivity index (χ2n) is 6.86. The summed E-state index contributed by atoms with van der Waals surface area (Å²) >= 11 is 0. The number of nitrogens with one attached hydrogen (secondary N) is 1. The molecule has 1 aromatic carbocycles. The van der Waals surface area contributed by atoms with E-state index in [2.05, 4.69) is 76.1 Å². The van der Waals surface area contributed by atoms with E-state index in [4.69, 9.17) is 0 Å². The lowest BCUT2D eigenvalue weighted by molar-refractivity contribution is 0.251. The standard InChI is InChI=1S/C18H32N2/c1-7-15(2)20(6)13-12-19-14-16-8-10-17(11-9-16)18(3,4)5/h8-11,15,19H,7,12-14H2,1-6H3. The Labute approximate surface area is 125 Å². The van der Waals surface area contributed by atoms with Crippen molar-refractivity contribution in [1.82, 2.24) is 10.2 Å². The molecule has 0 radical (unpaired) electrons. The maximum absolute atomic E-state index is 3.53. The van der Waals surface area contributed by atoms with E-state index in [9.17, 15) is 0 Å². The third-order valence-electron chi connectivity index (χ3n) is 4.13. The summed E-state index contributed by atoms with van der Waals surface area (Å²) in [5.74, 6) is 0. The fourth-order valence-electron chi connectivity index (χ4n) is 2.14. The molecule has 1 aromatic rings. The van der Waals surface area contributed by atoms with Crippen LogP contribution in [0.15, 0.2) is 24.3 Å². The van der Waals surface area contributed by atoms with Gasteiger partial charge in [0.1, 0.15) is 0 Å². The summed E-state index contributed by atoms with van der Waals surface area (Å²) in [6.07, 6.45) is 1.21. The molecule has 1 atom stereocenters. The lowest BCUT2D eigenvalue weighted by Crippen LogP contribution is -2.34. The van der Waals surface area contributed by atoms with Crippen LogP contribution in [0.4, 0.5) is 0 Å². The first-order valence-corrected chi connectivity index (χ1v) is 7.85. The average Bonchev–Trinajstić information content (AvgIpc) is 2.42. The molecule has 114 valence electrons. The topological polar surface area (TPSA) is 15.3 Å². The number of hydrogen-bond donors (Lipinski definition) is 1. The highest BCUT2D eigenvalue weighted by molar-refractivity contribution is 5.27. The number of likely N-dealkylation sites (N-methyl/N-ethyl adjacent to an activating group) is 1. The van der Waals surface area contributed by atoms with Crippen molar-refractivity contribution in [3.05, 3.63) is 35.4 Å². The molecule has 0 saturated heterocycles. The minimum atomic E-state index is 0.241. The van der Waals surface area contributed by atoms with E-state index in [-0.39, 0.29) is 5.41 Å². The molecule has 2 nitrogen and oxygen atoms in total. The van der Waals surface area contributed by atoms with Gasteiger partial charge in [0, 0.05) is 25.7 Å². The van der Waals surface area contributed by atoms with Gasteiger partial charge >= 0.3 is 0 Å². The second kappa shape index (κ2) is 7.80. The number of benzene rings is 1. The van der Waals surface area contributed by atoms with E-state index >= 15 is 0 Å². The fourth-order valence-corrected chi connectivity index (χ4v) is 2.14. The summed E-state index contributed by atoms with van der Waals surface area (Å²) < 4.78 is 0. The Bertz CT molecular complexity index is 375. The van der Waals surface area contributed by atoms with Crippen LogP contribution in [-0.4, -0.2) is 31.1 Å². The van der Waals surface area contributed by atoms with E-state index in [1.54, 1.807) is 0 Å². The molecule has 0 saturated carbocycles. The summed E-state index contributed by atoms with van der Waals surface area (Å²) in [6, 6.07) is 9.66. The van der Waals surface area contributed by atoms with Gasteiger partial charge in [0.05, 0.1) is 0 Å². The van der Waals surface area contributed by atoms with Crippen LogP contribution in [0.25, 0.3) is 0 Å². The molecule has 0 aliphatic carbocycles. The van der Waals surface area contributed by atoms with Crippen molar-refractivity contribution in [2.45, 2.75) is 59.0 Å². The van der Waals surface area contributed by atoms with Gasteiger partial charge in [-0.3, -0.25) is 0 Å². The Morgan fingerprint density at radius 3 is 2.25 bits per heavy atom. The minimum Gasteiger partial charge on any atom is -0.311 e. The molecule has 0 fully saturated rings. The Kier molecular flexibility index (Phi) is 6.70. The monoisotopic (exact) mass is 276 g/mol. The van der Waals surface area contributed by atoms with Gasteiger partial charge in [-0.2, -0.15) is 0 Å². The van der Waals surface area contributed by atoms with Crippen molar-refractivity contribution in [3.63, 3.8) is 0 Å². The summed E-state index contributed by atoms with van der Waals surface area (Å²) in [4.78, 5) is 2.41. The van der Waals surface area contributed by atoms with Crippen LogP contribution in [-0.2, 0) is 12.0 Å². The predicted octanol–water partition coefficient (Wildman–Crippen LogP) is 3.80. The van der Waals surface area contributed by atoms with Crippen molar-refractivity contribution >= 4 is 0 Å². The Morgan fingerprint density at radius 2 is 1.75 bits per heavy atom. The number of hydrogen-bond acceptors (Lipinski definition) is 2. The van der Waals surface area contributed by atoms with Gasteiger partial charge in [-0.15, -0.1) is 0 Å². The SMILES string of the molecule is CCC(C)N(C)CCNCc1ccc(C(C)(C)C)cc1. The predicted molar refractivity (Wildman–Crippen MR) is 89.2 cm³/mol. The van der Waals surface area contributed by atoms with Crippen LogP contribution < -0.4 is 5.32 Å². The van der Waals surface area contributed by atoms with Gasteiger partial charge in [-0.1, -0.05) is 52.0 Å². The number of nitrogens with zero attached hydrogens (tertiary/aromatic N) is 1. The van der Waals surface area contributed by atoms with Gasteiger partial charge in [-0.25, -0.2) is 0 Å². The smallest absolute Gasteiger partial charge is 0.0206 e. The first-order valence-electron chi connectivity index (χ1n) is 7.85. The highest BCUT2D eigenvalue weighted by atomic mass is 15.1. The summed E-state index contributed by atoms with van der Waals surface area (Å²) in [5.41, 5.74) is 3.01. The summed E-state index contributed by atoms with van der Waals surface area (Å²) in [7, 11) is 2.20. The second-order valence-corrected chi connectivity index (χ2v) is 6.86. The van der Waals surface area contributed by atoms with E-state index in [0.717, 1.165) is 19.6 Å². The lowest BCUT2D eigenvalue weighted by atomic mass is 9.87. The van der Waals surface area contributed by atoms with E-state index < -0.39 is 0 Å². The van der Waals surface area contributed by atoms with Gasteiger partial charge in [0.15, 0.2) is 0 Å². The molecular weight excluding hydrogens is 244 g/mol. The maximum atomic E-state index is 3.53. The molecule has 0 bridgehead atoms. The zero-order chi connectivity index (χ0) is 15.2. The molecule has 0 aliphatic rings. The summed E-state index contributed by atoms with van der Waals surface area (Å²) in [5, 5.41) is 3.53. The molecular formula is C18H32N2. The molecule has 1 unspecified atom stereocenters. The normalized spacial score (nSPS) is 13.8. The average molecular weight is 276 g/mol. The quantitative estimate of drug-likeness (QED) is 0.762. The molecule has 0 spiro atoms. The van der Waals surface area contributed by atoms with Gasteiger partial charge in [-0.05, 0) is 36.9 Å². The van der Waals surface area contributed by atoms with Crippen LogP contribution >= 0.6 is 0 Å².